The summed E-state index contributed by atoms with van der Waals surface area (Å²) >= 11 is 0. The molecular formula is C16H19N3O2. The van der Waals surface area contributed by atoms with E-state index in [9.17, 15) is 9.59 Å². The maximum atomic E-state index is 12.3. The van der Waals surface area contributed by atoms with Crippen molar-refractivity contribution in [3.05, 3.63) is 29.6 Å². The lowest BCUT2D eigenvalue weighted by molar-refractivity contribution is -0.135. The van der Waals surface area contributed by atoms with Crippen molar-refractivity contribution in [2.24, 2.45) is 0 Å². The smallest absolute Gasteiger partial charge is 0.242 e. The van der Waals surface area contributed by atoms with Gasteiger partial charge in [-0.05, 0) is 37.1 Å². The second-order valence-electron chi connectivity index (χ2n) is 5.72. The first kappa shape index (κ1) is 13.8. The zero-order valence-electron chi connectivity index (χ0n) is 12.4. The molecule has 1 aromatic carbocycles. The number of carbonyl (C=O) groups is 2. The molecule has 110 valence electrons. The molecule has 1 aromatic heterocycles. The first-order valence-electron chi connectivity index (χ1n) is 7.26. The molecule has 0 atom stereocenters. The fourth-order valence-corrected chi connectivity index (χ4v) is 2.69. The molecular weight excluding hydrogens is 266 g/mol. The molecule has 1 aliphatic heterocycles. The maximum absolute atomic E-state index is 12.3. The lowest BCUT2D eigenvalue weighted by Gasteiger charge is -2.26. The Morgan fingerprint density at radius 2 is 1.86 bits per heavy atom. The first-order chi connectivity index (χ1) is 10.0. The Bertz CT molecular complexity index is 708. The number of rotatable bonds is 2. The van der Waals surface area contributed by atoms with E-state index in [2.05, 4.69) is 24.9 Å². The Balaban J connectivity index is 1.80. The lowest BCUT2D eigenvalue weighted by atomic mass is 10.1. The highest BCUT2D eigenvalue weighted by Gasteiger charge is 2.21. The zero-order chi connectivity index (χ0) is 15.0. The van der Waals surface area contributed by atoms with E-state index in [1.54, 1.807) is 11.2 Å². The third kappa shape index (κ3) is 2.68. The molecule has 1 fully saturated rings. The van der Waals surface area contributed by atoms with Crippen molar-refractivity contribution in [3.8, 4) is 0 Å². The van der Waals surface area contributed by atoms with E-state index in [1.807, 2.05) is 10.6 Å². The van der Waals surface area contributed by atoms with Crippen LogP contribution in [0.15, 0.2) is 18.5 Å². The molecule has 0 N–H and O–H groups in total. The molecule has 1 saturated heterocycles. The molecule has 1 aliphatic rings. The van der Waals surface area contributed by atoms with Gasteiger partial charge in [-0.2, -0.15) is 0 Å². The topological polar surface area (TPSA) is 55.2 Å². The number of ketones is 1. The summed E-state index contributed by atoms with van der Waals surface area (Å²) in [5.74, 6) is 0.304. The first-order valence-corrected chi connectivity index (χ1v) is 7.26. The summed E-state index contributed by atoms with van der Waals surface area (Å²) in [7, 11) is 0. The number of piperidine rings is 1. The Hall–Kier alpha value is -2.17. The Labute approximate surface area is 123 Å². The molecule has 0 radical (unpaired) electrons. The van der Waals surface area contributed by atoms with Crippen molar-refractivity contribution in [2.75, 3.05) is 13.1 Å². The van der Waals surface area contributed by atoms with Crippen LogP contribution in [0.25, 0.3) is 11.0 Å². The van der Waals surface area contributed by atoms with Crippen LogP contribution in [-0.4, -0.2) is 39.2 Å². The number of aromatic nitrogens is 2. The van der Waals surface area contributed by atoms with Gasteiger partial charge in [0.15, 0.2) is 0 Å². The average Bonchev–Trinajstić information content (AvgIpc) is 2.82. The number of nitrogens with zero attached hydrogens (tertiary/aromatic N) is 3. The summed E-state index contributed by atoms with van der Waals surface area (Å²) in [5, 5.41) is 0. The summed E-state index contributed by atoms with van der Waals surface area (Å²) in [5.41, 5.74) is 4.30. The van der Waals surface area contributed by atoms with Crippen LogP contribution < -0.4 is 0 Å². The molecule has 0 aliphatic carbocycles. The van der Waals surface area contributed by atoms with Crippen LogP contribution in [0.3, 0.4) is 0 Å². The number of imidazole rings is 1. The van der Waals surface area contributed by atoms with Gasteiger partial charge >= 0.3 is 0 Å². The van der Waals surface area contributed by atoms with Gasteiger partial charge in [0.25, 0.3) is 0 Å². The number of likely N-dealkylation sites (tertiary alicyclic amines) is 1. The van der Waals surface area contributed by atoms with Gasteiger partial charge in [0, 0.05) is 25.9 Å². The third-order valence-electron chi connectivity index (χ3n) is 4.22. The zero-order valence-corrected chi connectivity index (χ0v) is 12.4. The molecule has 5 nitrogen and oxygen atoms in total. The van der Waals surface area contributed by atoms with Crippen LogP contribution in [-0.2, 0) is 16.1 Å². The van der Waals surface area contributed by atoms with E-state index < -0.39 is 0 Å². The minimum atomic E-state index is 0.0556. The molecule has 1 amide bonds. The molecule has 0 bridgehead atoms. The average molecular weight is 285 g/mol. The quantitative estimate of drug-likeness (QED) is 0.846. The van der Waals surface area contributed by atoms with Crippen LogP contribution in [0.2, 0.25) is 0 Å². The lowest BCUT2D eigenvalue weighted by Crippen LogP contribution is -2.40. The third-order valence-corrected chi connectivity index (χ3v) is 4.22. The van der Waals surface area contributed by atoms with Gasteiger partial charge in [-0.3, -0.25) is 9.59 Å². The largest absolute Gasteiger partial charge is 0.340 e. The Morgan fingerprint density at radius 1 is 1.19 bits per heavy atom. The van der Waals surface area contributed by atoms with Crippen molar-refractivity contribution < 1.29 is 9.59 Å². The predicted molar refractivity (Wildman–Crippen MR) is 80.0 cm³/mol. The van der Waals surface area contributed by atoms with Crippen molar-refractivity contribution in [3.63, 3.8) is 0 Å². The second-order valence-corrected chi connectivity index (χ2v) is 5.72. The fourth-order valence-electron chi connectivity index (χ4n) is 2.69. The Kier molecular flexibility index (Phi) is 3.49. The van der Waals surface area contributed by atoms with E-state index in [4.69, 9.17) is 0 Å². The number of amides is 1. The van der Waals surface area contributed by atoms with E-state index in [1.165, 1.54) is 11.1 Å². The number of Topliss-reactive ketones (excluding diaryl/α,β-unsaturated/α-hetero) is 1. The normalized spacial score (nSPS) is 15.7. The van der Waals surface area contributed by atoms with Gasteiger partial charge < -0.3 is 9.47 Å². The van der Waals surface area contributed by atoms with E-state index in [-0.39, 0.29) is 18.2 Å². The van der Waals surface area contributed by atoms with Crippen molar-refractivity contribution in [1.29, 1.82) is 0 Å². The highest BCUT2D eigenvalue weighted by atomic mass is 16.2. The highest BCUT2D eigenvalue weighted by Crippen LogP contribution is 2.18. The molecule has 0 saturated carbocycles. The van der Waals surface area contributed by atoms with Crippen molar-refractivity contribution >= 4 is 22.7 Å². The van der Waals surface area contributed by atoms with E-state index in [0.717, 1.165) is 11.0 Å². The highest BCUT2D eigenvalue weighted by molar-refractivity contribution is 5.84. The number of hydrogen-bond donors (Lipinski definition) is 0. The molecule has 21 heavy (non-hydrogen) atoms. The fraction of sp³-hybridized carbons (Fsp3) is 0.438. The summed E-state index contributed by atoms with van der Waals surface area (Å²) in [6, 6.07) is 4.12. The molecule has 3 rings (SSSR count). The van der Waals surface area contributed by atoms with Crippen LogP contribution in [0.5, 0.6) is 0 Å². The number of aryl methyl sites for hydroxylation is 2. The summed E-state index contributed by atoms with van der Waals surface area (Å²) < 4.78 is 1.89. The summed E-state index contributed by atoms with van der Waals surface area (Å²) in [6.07, 6.45) is 2.68. The van der Waals surface area contributed by atoms with Crippen LogP contribution in [0.4, 0.5) is 0 Å². The number of hydrogen-bond acceptors (Lipinski definition) is 3. The van der Waals surface area contributed by atoms with Gasteiger partial charge in [0.1, 0.15) is 12.3 Å². The molecule has 0 unspecified atom stereocenters. The molecule has 2 aromatic rings. The van der Waals surface area contributed by atoms with Crippen LogP contribution in [0.1, 0.15) is 24.0 Å². The monoisotopic (exact) mass is 285 g/mol. The summed E-state index contributed by atoms with van der Waals surface area (Å²) in [6.45, 7) is 5.49. The second kappa shape index (κ2) is 5.31. The number of carbonyl (C=O) groups excluding carboxylic acids is 2. The van der Waals surface area contributed by atoms with Gasteiger partial charge in [-0.25, -0.2) is 4.98 Å². The molecule has 2 heterocycles. The molecule has 0 spiro atoms. The van der Waals surface area contributed by atoms with E-state index in [0.29, 0.717) is 25.9 Å². The minimum Gasteiger partial charge on any atom is -0.340 e. The predicted octanol–water partition coefficient (Wildman–Crippen LogP) is 1.84. The molecule has 5 heteroatoms. The van der Waals surface area contributed by atoms with Crippen LogP contribution >= 0.6 is 0 Å². The minimum absolute atomic E-state index is 0.0556. The van der Waals surface area contributed by atoms with Gasteiger partial charge in [0.05, 0.1) is 17.4 Å². The van der Waals surface area contributed by atoms with Gasteiger partial charge in [-0.15, -0.1) is 0 Å². The van der Waals surface area contributed by atoms with E-state index >= 15 is 0 Å². The Morgan fingerprint density at radius 3 is 2.57 bits per heavy atom. The van der Waals surface area contributed by atoms with Crippen molar-refractivity contribution in [1.82, 2.24) is 14.5 Å². The summed E-state index contributed by atoms with van der Waals surface area (Å²) in [4.78, 5) is 29.7. The standard InChI is InChI=1S/C16H19N3O2/c1-11-7-14-15(8-12(11)2)19(10-17-14)9-16(21)18-5-3-13(20)4-6-18/h7-8,10H,3-6,9H2,1-2H3. The van der Waals surface area contributed by atoms with Gasteiger partial charge in [-0.1, -0.05) is 0 Å². The maximum Gasteiger partial charge on any atom is 0.242 e. The number of fused-ring (bicyclic) bond motifs is 1. The van der Waals surface area contributed by atoms with Crippen LogP contribution in [0, 0.1) is 13.8 Å². The van der Waals surface area contributed by atoms with Gasteiger partial charge in [0.2, 0.25) is 5.91 Å². The van der Waals surface area contributed by atoms with Crippen molar-refractivity contribution in [2.45, 2.75) is 33.2 Å². The SMILES string of the molecule is Cc1cc2ncn(CC(=O)N3CCC(=O)CC3)c2cc1C. The number of benzene rings is 1.